The Bertz CT molecular complexity index is 359. The second-order valence-corrected chi connectivity index (χ2v) is 4.94. The van der Waals surface area contributed by atoms with Gasteiger partial charge in [0.25, 0.3) is 0 Å². The van der Waals surface area contributed by atoms with E-state index in [1.807, 2.05) is 18.2 Å². The molecule has 1 aliphatic rings. The second-order valence-electron chi connectivity index (χ2n) is 4.94. The Labute approximate surface area is 103 Å². The minimum atomic E-state index is 0.0682. The molecule has 0 bridgehead atoms. The minimum absolute atomic E-state index is 0.0682. The lowest BCUT2D eigenvalue weighted by atomic mass is 9.79. The summed E-state index contributed by atoms with van der Waals surface area (Å²) in [4.78, 5) is 0. The van der Waals surface area contributed by atoms with E-state index in [1.165, 1.54) is 0 Å². The third-order valence-electron chi connectivity index (χ3n) is 3.82. The molecule has 1 saturated carbocycles. The fourth-order valence-corrected chi connectivity index (χ4v) is 2.70. The molecule has 0 aliphatic heterocycles. The van der Waals surface area contributed by atoms with Crippen molar-refractivity contribution in [3.05, 3.63) is 29.8 Å². The molecule has 94 valence electrons. The van der Waals surface area contributed by atoms with E-state index in [9.17, 15) is 0 Å². The molecule has 2 rings (SSSR count). The predicted octanol–water partition coefficient (Wildman–Crippen LogP) is 2.21. The molecular weight excluding hydrogens is 212 g/mol. The van der Waals surface area contributed by atoms with Crippen LogP contribution in [0.15, 0.2) is 24.3 Å². The van der Waals surface area contributed by atoms with Crippen molar-refractivity contribution < 1.29 is 4.74 Å². The number of para-hydroxylation sites is 1. The molecular formula is C14H22N2O. The van der Waals surface area contributed by atoms with Gasteiger partial charge in [-0.3, -0.25) is 0 Å². The molecule has 0 heterocycles. The molecule has 0 radical (unpaired) electrons. The number of hydrogen-bond donors (Lipinski definition) is 2. The summed E-state index contributed by atoms with van der Waals surface area (Å²) in [6.07, 6.45) is 4.43. The Morgan fingerprint density at radius 3 is 2.47 bits per heavy atom. The van der Waals surface area contributed by atoms with Crippen LogP contribution in [0.1, 0.15) is 37.3 Å². The molecule has 3 nitrogen and oxygen atoms in total. The average Bonchev–Trinajstić information content (AvgIpc) is 2.39. The Hall–Kier alpha value is -1.06. The third-order valence-corrected chi connectivity index (χ3v) is 3.82. The van der Waals surface area contributed by atoms with Gasteiger partial charge in [0.05, 0.1) is 7.11 Å². The SMILES string of the molecule is COc1ccccc1C(N)C1CCC(N)CC1. The van der Waals surface area contributed by atoms with Crippen LogP contribution in [0.3, 0.4) is 0 Å². The van der Waals surface area contributed by atoms with Crippen molar-refractivity contribution in [2.24, 2.45) is 17.4 Å². The zero-order valence-corrected chi connectivity index (χ0v) is 10.4. The van der Waals surface area contributed by atoms with E-state index in [0.717, 1.165) is 37.0 Å². The van der Waals surface area contributed by atoms with Crippen molar-refractivity contribution in [2.45, 2.75) is 37.8 Å². The molecule has 1 aromatic rings. The van der Waals surface area contributed by atoms with Gasteiger partial charge in [-0.25, -0.2) is 0 Å². The molecule has 1 atom stereocenters. The van der Waals surface area contributed by atoms with E-state index < -0.39 is 0 Å². The molecule has 1 fully saturated rings. The van der Waals surface area contributed by atoms with E-state index in [2.05, 4.69) is 6.07 Å². The van der Waals surface area contributed by atoms with Gasteiger partial charge in [0.2, 0.25) is 0 Å². The summed E-state index contributed by atoms with van der Waals surface area (Å²) in [5.74, 6) is 1.43. The summed E-state index contributed by atoms with van der Waals surface area (Å²) >= 11 is 0. The number of methoxy groups -OCH3 is 1. The van der Waals surface area contributed by atoms with Gasteiger partial charge in [0.15, 0.2) is 0 Å². The molecule has 0 saturated heterocycles. The minimum Gasteiger partial charge on any atom is -0.496 e. The van der Waals surface area contributed by atoms with Gasteiger partial charge in [-0.1, -0.05) is 18.2 Å². The largest absolute Gasteiger partial charge is 0.496 e. The van der Waals surface area contributed by atoms with Gasteiger partial charge in [-0.15, -0.1) is 0 Å². The molecule has 0 amide bonds. The van der Waals surface area contributed by atoms with Gasteiger partial charge in [0.1, 0.15) is 5.75 Å². The van der Waals surface area contributed by atoms with Gasteiger partial charge >= 0.3 is 0 Å². The summed E-state index contributed by atoms with van der Waals surface area (Å²) in [5.41, 5.74) is 13.4. The monoisotopic (exact) mass is 234 g/mol. The van der Waals surface area contributed by atoms with Crippen LogP contribution in [0.25, 0.3) is 0 Å². The van der Waals surface area contributed by atoms with Crippen molar-refractivity contribution in [1.82, 2.24) is 0 Å². The first-order valence-corrected chi connectivity index (χ1v) is 6.36. The Morgan fingerprint density at radius 1 is 1.18 bits per heavy atom. The van der Waals surface area contributed by atoms with Crippen molar-refractivity contribution >= 4 is 0 Å². The van der Waals surface area contributed by atoms with Crippen LogP contribution in [0.5, 0.6) is 5.75 Å². The highest BCUT2D eigenvalue weighted by Gasteiger charge is 2.26. The number of benzene rings is 1. The van der Waals surface area contributed by atoms with E-state index in [-0.39, 0.29) is 6.04 Å². The van der Waals surface area contributed by atoms with E-state index in [1.54, 1.807) is 7.11 Å². The van der Waals surface area contributed by atoms with E-state index in [0.29, 0.717) is 12.0 Å². The second kappa shape index (κ2) is 5.52. The zero-order chi connectivity index (χ0) is 12.3. The fraction of sp³-hybridized carbons (Fsp3) is 0.571. The third kappa shape index (κ3) is 2.79. The molecule has 1 aliphatic carbocycles. The lowest BCUT2D eigenvalue weighted by molar-refractivity contribution is 0.280. The smallest absolute Gasteiger partial charge is 0.123 e. The van der Waals surface area contributed by atoms with E-state index >= 15 is 0 Å². The van der Waals surface area contributed by atoms with Gasteiger partial charge < -0.3 is 16.2 Å². The summed E-state index contributed by atoms with van der Waals surface area (Å²) < 4.78 is 5.37. The van der Waals surface area contributed by atoms with Crippen LogP contribution in [-0.4, -0.2) is 13.2 Å². The van der Waals surface area contributed by atoms with Crippen molar-refractivity contribution in [2.75, 3.05) is 7.11 Å². The molecule has 0 aromatic heterocycles. The van der Waals surface area contributed by atoms with Crippen molar-refractivity contribution in [1.29, 1.82) is 0 Å². The summed E-state index contributed by atoms with van der Waals surface area (Å²) in [5, 5.41) is 0. The van der Waals surface area contributed by atoms with Crippen LogP contribution in [-0.2, 0) is 0 Å². The Morgan fingerprint density at radius 2 is 1.82 bits per heavy atom. The first kappa shape index (κ1) is 12.4. The Balaban J connectivity index is 2.10. The maximum Gasteiger partial charge on any atom is 0.123 e. The van der Waals surface area contributed by atoms with Crippen LogP contribution in [0, 0.1) is 5.92 Å². The first-order chi connectivity index (χ1) is 8.22. The van der Waals surface area contributed by atoms with Crippen LogP contribution in [0.2, 0.25) is 0 Å². The standard InChI is InChI=1S/C14H22N2O/c1-17-13-5-3-2-4-12(13)14(16)10-6-8-11(15)9-7-10/h2-5,10-11,14H,6-9,15-16H2,1H3. The van der Waals surface area contributed by atoms with Crippen LogP contribution >= 0.6 is 0 Å². The molecule has 1 aromatic carbocycles. The number of hydrogen-bond acceptors (Lipinski definition) is 3. The molecule has 3 heteroatoms. The van der Waals surface area contributed by atoms with Crippen LogP contribution < -0.4 is 16.2 Å². The van der Waals surface area contributed by atoms with Gasteiger partial charge in [0, 0.05) is 17.6 Å². The molecule has 17 heavy (non-hydrogen) atoms. The maximum absolute atomic E-state index is 6.37. The lowest BCUT2D eigenvalue weighted by Gasteiger charge is -2.31. The first-order valence-electron chi connectivity index (χ1n) is 6.36. The number of nitrogens with two attached hydrogens (primary N) is 2. The maximum atomic E-state index is 6.37. The summed E-state index contributed by atoms with van der Waals surface area (Å²) in [7, 11) is 1.70. The molecule has 1 unspecified atom stereocenters. The highest BCUT2D eigenvalue weighted by Crippen LogP contribution is 2.35. The van der Waals surface area contributed by atoms with Gasteiger partial charge in [-0.2, -0.15) is 0 Å². The molecule has 0 spiro atoms. The highest BCUT2D eigenvalue weighted by atomic mass is 16.5. The lowest BCUT2D eigenvalue weighted by Crippen LogP contribution is -2.31. The topological polar surface area (TPSA) is 61.3 Å². The summed E-state index contributed by atoms with van der Waals surface area (Å²) in [6.45, 7) is 0. The molecule has 4 N–H and O–H groups in total. The van der Waals surface area contributed by atoms with Crippen molar-refractivity contribution in [3.8, 4) is 5.75 Å². The van der Waals surface area contributed by atoms with Crippen LogP contribution in [0.4, 0.5) is 0 Å². The average molecular weight is 234 g/mol. The number of ether oxygens (including phenoxy) is 1. The highest BCUT2D eigenvalue weighted by molar-refractivity contribution is 5.36. The number of rotatable bonds is 3. The fourth-order valence-electron chi connectivity index (χ4n) is 2.70. The van der Waals surface area contributed by atoms with E-state index in [4.69, 9.17) is 16.2 Å². The zero-order valence-electron chi connectivity index (χ0n) is 10.4. The summed E-state index contributed by atoms with van der Waals surface area (Å²) in [6, 6.07) is 8.48. The quantitative estimate of drug-likeness (QED) is 0.843. The predicted molar refractivity (Wildman–Crippen MR) is 69.9 cm³/mol. The normalized spacial score (nSPS) is 26.5. The Kier molecular flexibility index (Phi) is 4.02. The van der Waals surface area contributed by atoms with Crippen molar-refractivity contribution in [3.63, 3.8) is 0 Å². The van der Waals surface area contributed by atoms with Gasteiger partial charge in [-0.05, 0) is 37.7 Å².